The molecule has 1 heterocycles. The summed E-state index contributed by atoms with van der Waals surface area (Å²) in [6.45, 7) is 5.20. The van der Waals surface area contributed by atoms with Crippen molar-refractivity contribution < 1.29 is 42.6 Å². The first-order valence-corrected chi connectivity index (χ1v) is 12.1. The van der Waals surface area contributed by atoms with Crippen molar-refractivity contribution in [3.8, 4) is 0 Å². The van der Waals surface area contributed by atoms with Crippen LogP contribution < -0.4 is 11.5 Å². The fourth-order valence-corrected chi connectivity index (χ4v) is 4.67. The molecule has 3 rings (SSSR count). The van der Waals surface area contributed by atoms with Crippen molar-refractivity contribution in [1.29, 1.82) is 0 Å². The summed E-state index contributed by atoms with van der Waals surface area (Å²) < 4.78 is 31.7. The molecule has 0 spiro atoms. The van der Waals surface area contributed by atoms with Crippen LogP contribution in [0.3, 0.4) is 0 Å². The topological polar surface area (TPSA) is 164 Å². The van der Waals surface area contributed by atoms with Crippen LogP contribution in [0.25, 0.3) is 0 Å². The second-order valence-electron chi connectivity index (χ2n) is 7.79. The van der Waals surface area contributed by atoms with Crippen molar-refractivity contribution in [3.05, 3.63) is 56.8 Å². The fourth-order valence-electron chi connectivity index (χ4n) is 3.44. The third-order valence-electron chi connectivity index (χ3n) is 5.33. The van der Waals surface area contributed by atoms with Crippen LogP contribution in [0, 0.1) is 0 Å². The Morgan fingerprint density at radius 1 is 1.03 bits per heavy atom. The molecule has 0 fully saturated rings. The highest BCUT2D eigenvalue weighted by molar-refractivity contribution is 7.14. The van der Waals surface area contributed by atoms with Gasteiger partial charge in [-0.15, -0.1) is 11.3 Å². The average Bonchev–Trinajstić information content (AvgIpc) is 3.25. The molecule has 2 amide bonds. The molecule has 37 heavy (non-hydrogen) atoms. The van der Waals surface area contributed by atoms with E-state index >= 15 is 0 Å². The maximum atomic E-state index is 12.6. The third kappa shape index (κ3) is 9.17. The fraction of sp³-hybridized carbons (Fsp3) is 0.417. The summed E-state index contributed by atoms with van der Waals surface area (Å²) in [7, 11) is 0. The van der Waals surface area contributed by atoms with Gasteiger partial charge in [0.1, 0.15) is 10.9 Å². The summed E-state index contributed by atoms with van der Waals surface area (Å²) in [6, 6.07) is 7.82. The van der Waals surface area contributed by atoms with E-state index < -0.39 is 30.1 Å². The van der Waals surface area contributed by atoms with Gasteiger partial charge in [-0.25, -0.2) is 4.79 Å². The molecule has 1 aliphatic carbocycles. The average molecular weight is 546 g/mol. The van der Waals surface area contributed by atoms with Gasteiger partial charge in [0.25, 0.3) is 11.8 Å². The maximum Gasteiger partial charge on any atom is 0.490 e. The lowest BCUT2D eigenvalue weighted by Gasteiger charge is -2.20. The van der Waals surface area contributed by atoms with Crippen LogP contribution in [0.15, 0.2) is 30.3 Å². The van der Waals surface area contributed by atoms with Crippen molar-refractivity contribution in [2.45, 2.75) is 51.7 Å². The molecule has 0 aliphatic heterocycles. The lowest BCUT2D eigenvalue weighted by atomic mass is 9.94. The zero-order chi connectivity index (χ0) is 28.3. The van der Waals surface area contributed by atoms with E-state index in [1.807, 2.05) is 19.9 Å². The number of nitrogens with zero attached hydrogens (tertiary/aromatic N) is 1. The molecule has 0 unspecified atom stereocenters. The van der Waals surface area contributed by atoms with Gasteiger partial charge in [0, 0.05) is 18.0 Å². The van der Waals surface area contributed by atoms with E-state index in [2.05, 4.69) is 0 Å². The Morgan fingerprint density at radius 3 is 1.97 bits per heavy atom. The number of carbonyl (C=O) groups excluding carboxylic acids is 2. The van der Waals surface area contributed by atoms with Crippen LogP contribution in [0.5, 0.6) is 0 Å². The van der Waals surface area contributed by atoms with E-state index in [0.29, 0.717) is 29.1 Å². The summed E-state index contributed by atoms with van der Waals surface area (Å²) in [5.74, 6) is -4.28. The molecule has 0 radical (unpaired) electrons. The summed E-state index contributed by atoms with van der Waals surface area (Å²) >= 11 is 1.41. The molecular weight excluding hydrogens is 515 g/mol. The molecule has 9 nitrogen and oxygen atoms in total. The first-order chi connectivity index (χ1) is 17.3. The van der Waals surface area contributed by atoms with Gasteiger partial charge in [-0.3, -0.25) is 14.4 Å². The number of alkyl halides is 3. The molecule has 0 saturated heterocycles. The molecule has 1 atom stereocenters. The van der Waals surface area contributed by atoms with Gasteiger partial charge in [0.2, 0.25) is 0 Å². The van der Waals surface area contributed by atoms with E-state index in [0.717, 1.165) is 31.2 Å². The van der Waals surface area contributed by atoms with E-state index in [-0.39, 0.29) is 5.91 Å². The Balaban J connectivity index is 0.000000321. The number of nitrogens with two attached hydrogens (primary N) is 2. The van der Waals surface area contributed by atoms with Gasteiger partial charge in [-0.05, 0) is 50.7 Å². The number of benzene rings is 1. The van der Waals surface area contributed by atoms with E-state index in [1.165, 1.54) is 16.2 Å². The van der Waals surface area contributed by atoms with Crippen molar-refractivity contribution >= 4 is 35.1 Å². The Bertz CT molecular complexity index is 1090. The number of rotatable bonds is 6. The van der Waals surface area contributed by atoms with Gasteiger partial charge in [-0.2, -0.15) is 13.2 Å². The summed E-state index contributed by atoms with van der Waals surface area (Å²) in [5, 5.41) is 15.6. The highest BCUT2D eigenvalue weighted by Crippen LogP contribution is 2.35. The van der Waals surface area contributed by atoms with Gasteiger partial charge in [0.15, 0.2) is 0 Å². The number of halogens is 3. The quantitative estimate of drug-likeness (QED) is 0.431. The molecule has 1 aromatic heterocycles. The van der Waals surface area contributed by atoms with Crippen molar-refractivity contribution in [3.63, 3.8) is 0 Å². The van der Waals surface area contributed by atoms with E-state index in [9.17, 15) is 27.6 Å². The molecule has 13 heteroatoms. The van der Waals surface area contributed by atoms with E-state index in [4.69, 9.17) is 26.5 Å². The number of carboxylic acids is 2. The molecule has 6 N–H and O–H groups in total. The molecular formula is C24H30F3N3O6S. The largest absolute Gasteiger partial charge is 0.490 e. The summed E-state index contributed by atoms with van der Waals surface area (Å²) in [5.41, 5.74) is 13.1. The van der Waals surface area contributed by atoms with Crippen molar-refractivity contribution in [2.24, 2.45) is 11.5 Å². The number of thiophene rings is 1. The normalized spacial score (nSPS) is 13.0. The Hall–Kier alpha value is -3.45. The summed E-state index contributed by atoms with van der Waals surface area (Å²) in [6.07, 6.45) is -1.02. The standard InChI is InChI=1S/C14H20N2O2S.C8H9NO2.C2HF3O2/c1-3-16(4-2)14(18)11-9-7-5-6-8-10(9)19-12(11)13(15)17;9-7(8(10)11)6-4-2-1-3-5-6;3-2(4,5)1(6)7/h3-8H2,1-2H3,(H2,15,17);1-5,7H,9H2,(H,10,11);(H,6,7)/t;7-;/m.0./s1. The smallest absolute Gasteiger partial charge is 0.480 e. The van der Waals surface area contributed by atoms with Crippen LogP contribution >= 0.6 is 11.3 Å². The molecule has 0 bridgehead atoms. The van der Waals surface area contributed by atoms with Crippen LogP contribution in [-0.2, 0) is 22.4 Å². The predicted octanol–water partition coefficient (Wildman–Crippen LogP) is 3.61. The number of hydrogen-bond acceptors (Lipinski definition) is 6. The third-order valence-corrected chi connectivity index (χ3v) is 6.63. The van der Waals surface area contributed by atoms with Gasteiger partial charge < -0.3 is 26.6 Å². The highest BCUT2D eigenvalue weighted by atomic mass is 32.1. The lowest BCUT2D eigenvalue weighted by molar-refractivity contribution is -0.192. The summed E-state index contributed by atoms with van der Waals surface area (Å²) in [4.78, 5) is 46.8. The minimum Gasteiger partial charge on any atom is -0.480 e. The Morgan fingerprint density at radius 2 is 1.54 bits per heavy atom. The zero-order valence-electron chi connectivity index (χ0n) is 20.4. The second-order valence-corrected chi connectivity index (χ2v) is 8.89. The highest BCUT2D eigenvalue weighted by Gasteiger charge is 2.38. The number of carbonyl (C=O) groups is 4. The number of hydrogen-bond donors (Lipinski definition) is 4. The van der Waals surface area contributed by atoms with Gasteiger partial charge in [-0.1, -0.05) is 30.3 Å². The van der Waals surface area contributed by atoms with Gasteiger partial charge >= 0.3 is 18.1 Å². The van der Waals surface area contributed by atoms with Crippen LogP contribution in [0.2, 0.25) is 0 Å². The lowest BCUT2D eigenvalue weighted by Crippen LogP contribution is -2.32. The predicted molar refractivity (Wildman–Crippen MR) is 131 cm³/mol. The van der Waals surface area contributed by atoms with Crippen molar-refractivity contribution in [1.82, 2.24) is 4.90 Å². The number of amides is 2. The van der Waals surface area contributed by atoms with Crippen LogP contribution in [0.4, 0.5) is 13.2 Å². The Kier molecular flexibility index (Phi) is 12.2. The number of aryl methyl sites for hydroxylation is 1. The van der Waals surface area contributed by atoms with Crippen LogP contribution in [-0.4, -0.2) is 58.1 Å². The first kappa shape index (κ1) is 31.6. The van der Waals surface area contributed by atoms with E-state index in [1.54, 1.807) is 29.2 Å². The molecule has 2 aromatic rings. The number of fused-ring (bicyclic) bond motifs is 1. The first-order valence-electron chi connectivity index (χ1n) is 11.3. The number of carboxylic acid groups (broad SMARTS) is 2. The molecule has 1 aromatic carbocycles. The van der Waals surface area contributed by atoms with Gasteiger partial charge in [0.05, 0.1) is 5.56 Å². The number of primary amides is 1. The second kappa shape index (κ2) is 14.3. The monoisotopic (exact) mass is 545 g/mol. The van der Waals surface area contributed by atoms with Crippen LogP contribution in [0.1, 0.15) is 68.8 Å². The molecule has 204 valence electrons. The SMILES string of the molecule is CCN(CC)C(=O)c1c(C(N)=O)sc2c1CCCC2.N[C@H](C(=O)O)c1ccccc1.O=C(O)C(F)(F)F. The maximum absolute atomic E-state index is 12.6. The zero-order valence-corrected chi connectivity index (χ0v) is 21.2. The molecule has 1 aliphatic rings. The number of aliphatic carboxylic acids is 2. The van der Waals surface area contributed by atoms with Crippen molar-refractivity contribution in [2.75, 3.05) is 13.1 Å². The minimum absolute atomic E-state index is 0.0433. The Labute approximate surface area is 215 Å². The molecule has 0 saturated carbocycles. The minimum atomic E-state index is -5.08.